The van der Waals surface area contributed by atoms with E-state index in [2.05, 4.69) is 193 Å². The highest BCUT2D eigenvalue weighted by atomic mass is 32.1. The van der Waals surface area contributed by atoms with Crippen LogP contribution < -0.4 is 4.90 Å². The molecule has 1 aromatic heterocycles. The summed E-state index contributed by atoms with van der Waals surface area (Å²) < 4.78 is 2.57. The van der Waals surface area contributed by atoms with Gasteiger partial charge in [0.2, 0.25) is 0 Å². The summed E-state index contributed by atoms with van der Waals surface area (Å²) in [6.45, 7) is 0. The van der Waals surface area contributed by atoms with Crippen LogP contribution in [0.25, 0.3) is 74.7 Å². The van der Waals surface area contributed by atoms with Crippen LogP contribution in [0.4, 0.5) is 17.1 Å². The lowest BCUT2D eigenvalue weighted by Gasteiger charge is -2.26. The van der Waals surface area contributed by atoms with Crippen LogP contribution in [0.3, 0.4) is 0 Å². The number of benzene rings is 9. The number of hydrogen-bond donors (Lipinski definition) is 0. The van der Waals surface area contributed by atoms with Crippen molar-refractivity contribution in [2.45, 2.75) is 0 Å². The van der Waals surface area contributed by atoms with Gasteiger partial charge < -0.3 is 4.90 Å². The van der Waals surface area contributed by atoms with Crippen molar-refractivity contribution in [3.63, 3.8) is 0 Å². The van der Waals surface area contributed by atoms with E-state index in [0.717, 1.165) is 11.4 Å². The molecule has 0 aliphatic carbocycles. The fraction of sp³-hybridized carbons (Fsp3) is 0. The van der Waals surface area contributed by atoms with Crippen LogP contribution in [0, 0.1) is 0 Å². The van der Waals surface area contributed by atoms with Crippen LogP contribution in [0.2, 0.25) is 0 Å². The highest BCUT2D eigenvalue weighted by Gasteiger charge is 2.20. The van der Waals surface area contributed by atoms with Gasteiger partial charge >= 0.3 is 0 Å². The number of anilines is 3. The van der Waals surface area contributed by atoms with Gasteiger partial charge in [0.1, 0.15) is 0 Å². The number of fused-ring (bicyclic) bond motifs is 7. The average molecular weight is 654 g/mol. The summed E-state index contributed by atoms with van der Waals surface area (Å²) in [4.78, 5) is 2.41. The fourth-order valence-corrected chi connectivity index (χ4v) is 8.93. The van der Waals surface area contributed by atoms with Gasteiger partial charge in [-0.2, -0.15) is 0 Å². The topological polar surface area (TPSA) is 3.24 Å². The lowest BCUT2D eigenvalue weighted by atomic mass is 9.91. The minimum absolute atomic E-state index is 1.13. The molecule has 0 amide bonds. The predicted octanol–water partition coefficient (Wildman–Crippen LogP) is 14.3. The molecule has 2 heteroatoms. The predicted molar refractivity (Wildman–Crippen MR) is 217 cm³/mol. The van der Waals surface area contributed by atoms with Crippen LogP contribution in [0.5, 0.6) is 0 Å². The van der Waals surface area contributed by atoms with Crippen LogP contribution in [0.1, 0.15) is 0 Å². The van der Waals surface area contributed by atoms with E-state index in [-0.39, 0.29) is 0 Å². The Hall–Kier alpha value is -6.22. The molecule has 0 atom stereocenters. The fourth-order valence-electron chi connectivity index (χ4n) is 7.69. The van der Waals surface area contributed by atoms with Gasteiger partial charge in [0.15, 0.2) is 0 Å². The van der Waals surface area contributed by atoms with E-state index in [9.17, 15) is 0 Å². The maximum Gasteiger partial charge on any atom is 0.0640 e. The van der Waals surface area contributed by atoms with Crippen molar-refractivity contribution >= 4 is 80.9 Å². The first-order valence-corrected chi connectivity index (χ1v) is 17.9. The van der Waals surface area contributed by atoms with Gasteiger partial charge in [-0.15, -0.1) is 11.3 Å². The summed E-state index contributed by atoms with van der Waals surface area (Å²) in [6.07, 6.45) is 0. The van der Waals surface area contributed by atoms with Crippen LogP contribution in [0.15, 0.2) is 188 Å². The summed E-state index contributed by atoms with van der Waals surface area (Å²) in [5.41, 5.74) is 8.44. The third-order valence-corrected chi connectivity index (χ3v) is 11.2. The van der Waals surface area contributed by atoms with Crippen LogP contribution in [-0.4, -0.2) is 0 Å². The first-order chi connectivity index (χ1) is 24.8. The summed E-state index contributed by atoms with van der Waals surface area (Å²) in [6, 6.07) is 68.6. The van der Waals surface area contributed by atoms with Gasteiger partial charge in [-0.25, -0.2) is 0 Å². The highest BCUT2D eigenvalue weighted by Crippen LogP contribution is 2.48. The lowest BCUT2D eigenvalue weighted by Crippen LogP contribution is -2.09. The Morgan fingerprint density at radius 3 is 1.82 bits per heavy atom. The zero-order chi connectivity index (χ0) is 33.0. The molecule has 10 rings (SSSR count). The molecule has 0 saturated carbocycles. The van der Waals surface area contributed by atoms with E-state index < -0.39 is 0 Å². The number of rotatable bonds is 5. The Morgan fingerprint density at radius 1 is 0.360 bits per heavy atom. The molecule has 50 heavy (non-hydrogen) atoms. The quantitative estimate of drug-likeness (QED) is 0.167. The van der Waals surface area contributed by atoms with Crippen molar-refractivity contribution in [3.8, 4) is 22.3 Å². The Kier molecular flexibility index (Phi) is 6.75. The van der Waals surface area contributed by atoms with Crippen molar-refractivity contribution in [1.82, 2.24) is 0 Å². The number of para-hydroxylation sites is 1. The first kappa shape index (κ1) is 28.8. The van der Waals surface area contributed by atoms with Crippen LogP contribution in [-0.2, 0) is 0 Å². The van der Waals surface area contributed by atoms with Gasteiger partial charge in [0.05, 0.1) is 10.4 Å². The Bertz CT molecular complexity index is 2870. The summed E-state index contributed by atoms with van der Waals surface area (Å²) in [5.74, 6) is 0. The molecule has 9 aromatic carbocycles. The average Bonchev–Trinajstić information content (AvgIpc) is 3.58. The van der Waals surface area contributed by atoms with E-state index in [1.807, 2.05) is 11.3 Å². The molecule has 0 spiro atoms. The summed E-state index contributed by atoms with van der Waals surface area (Å²) in [5, 5.41) is 10.2. The molecule has 0 unspecified atom stereocenters. The maximum atomic E-state index is 2.41. The number of thiophene rings is 1. The van der Waals surface area contributed by atoms with Gasteiger partial charge in [-0.3, -0.25) is 0 Å². The molecular formula is C48H31NS. The van der Waals surface area contributed by atoms with E-state index >= 15 is 0 Å². The third kappa shape index (κ3) is 4.69. The molecule has 10 aromatic rings. The largest absolute Gasteiger partial charge is 0.309 e. The molecule has 0 N–H and O–H groups in total. The second kappa shape index (κ2) is 11.7. The second-order valence-electron chi connectivity index (χ2n) is 12.9. The van der Waals surface area contributed by atoms with Gasteiger partial charge in [-0.05, 0) is 97.0 Å². The van der Waals surface area contributed by atoms with Crippen molar-refractivity contribution in [3.05, 3.63) is 188 Å². The van der Waals surface area contributed by atoms with Gasteiger partial charge in [0.25, 0.3) is 0 Å². The molecule has 0 aliphatic rings. The van der Waals surface area contributed by atoms with Crippen molar-refractivity contribution in [2.75, 3.05) is 4.90 Å². The van der Waals surface area contributed by atoms with E-state index in [1.165, 1.54) is 80.4 Å². The normalized spacial score (nSPS) is 11.6. The van der Waals surface area contributed by atoms with E-state index in [0.29, 0.717) is 0 Å². The van der Waals surface area contributed by atoms with Crippen molar-refractivity contribution in [2.24, 2.45) is 0 Å². The summed E-state index contributed by atoms with van der Waals surface area (Å²) in [7, 11) is 0. The Labute approximate surface area is 294 Å². The summed E-state index contributed by atoms with van der Waals surface area (Å²) >= 11 is 1.88. The van der Waals surface area contributed by atoms with E-state index in [4.69, 9.17) is 0 Å². The zero-order valence-electron chi connectivity index (χ0n) is 27.3. The minimum Gasteiger partial charge on any atom is -0.309 e. The molecule has 0 bridgehead atoms. The molecular weight excluding hydrogens is 623 g/mol. The number of hydrogen-bond acceptors (Lipinski definition) is 2. The molecule has 1 heterocycles. The highest BCUT2D eigenvalue weighted by molar-refractivity contribution is 7.26. The maximum absolute atomic E-state index is 2.41. The standard InChI is InChI=1S/C48H31NS/c1-2-15-38(16-3-1)49(39-29-27-33(28-30-39)37-26-23-32-11-4-5-13-36(32)31-37)44-21-9-20-43-47-42(19-10-22-45(47)50-48(43)44)41-18-8-14-35-25-24-34-12-6-7-17-40(34)46(35)41/h1-31H. The van der Waals surface area contributed by atoms with Gasteiger partial charge in [-0.1, -0.05) is 146 Å². The molecule has 234 valence electrons. The lowest BCUT2D eigenvalue weighted by molar-refractivity contribution is 1.30. The van der Waals surface area contributed by atoms with Gasteiger partial charge in [0, 0.05) is 26.8 Å². The zero-order valence-corrected chi connectivity index (χ0v) is 28.1. The van der Waals surface area contributed by atoms with Crippen molar-refractivity contribution < 1.29 is 0 Å². The van der Waals surface area contributed by atoms with E-state index in [1.54, 1.807) is 0 Å². The molecule has 0 saturated heterocycles. The minimum atomic E-state index is 1.13. The monoisotopic (exact) mass is 653 g/mol. The third-order valence-electron chi connectivity index (χ3n) is 10.0. The Balaban J connectivity index is 1.16. The van der Waals surface area contributed by atoms with Crippen molar-refractivity contribution in [1.29, 1.82) is 0 Å². The van der Waals surface area contributed by atoms with Crippen LogP contribution >= 0.6 is 11.3 Å². The molecule has 0 fully saturated rings. The smallest absolute Gasteiger partial charge is 0.0640 e. The first-order valence-electron chi connectivity index (χ1n) is 17.1. The molecule has 0 aliphatic heterocycles. The number of nitrogens with zero attached hydrogens (tertiary/aromatic N) is 1. The molecule has 1 nitrogen and oxygen atoms in total. The second-order valence-corrected chi connectivity index (χ2v) is 14.0. The molecule has 0 radical (unpaired) electrons. The Morgan fingerprint density at radius 2 is 0.960 bits per heavy atom. The SMILES string of the molecule is c1ccc(N(c2ccc(-c3ccc4ccccc4c3)cc2)c2cccc3c2sc2cccc(-c4cccc5ccc6ccccc6c45)c23)cc1.